The molecule has 0 aliphatic carbocycles. The average molecular weight is 419 g/mol. The van der Waals surface area contributed by atoms with E-state index >= 15 is 0 Å². The van der Waals surface area contributed by atoms with Crippen LogP contribution in [0.1, 0.15) is 28.8 Å². The summed E-state index contributed by atoms with van der Waals surface area (Å²) in [5.74, 6) is -2.60. The van der Waals surface area contributed by atoms with Crippen LogP contribution in [0.3, 0.4) is 0 Å². The van der Waals surface area contributed by atoms with Crippen molar-refractivity contribution < 1.29 is 19.5 Å². The number of hydrogen-bond acceptors (Lipinski definition) is 3. The summed E-state index contributed by atoms with van der Waals surface area (Å²) in [6.07, 6.45) is 0.113. The Morgan fingerprint density at radius 3 is 2.23 bits per heavy atom. The van der Waals surface area contributed by atoms with Gasteiger partial charge in [0.15, 0.2) is 0 Å². The van der Waals surface area contributed by atoms with Crippen molar-refractivity contribution in [2.75, 3.05) is 10.7 Å². The number of carboxylic acids is 1. The number of benzene rings is 2. The molecule has 3 rings (SSSR count). The summed E-state index contributed by atoms with van der Waals surface area (Å²) in [5.41, 5.74) is 8.40. The van der Waals surface area contributed by atoms with Crippen LogP contribution in [0.4, 0.5) is 5.69 Å². The molecule has 1 heterocycles. The van der Waals surface area contributed by atoms with E-state index < -0.39 is 17.8 Å². The number of nitrogens with zero attached hydrogens (tertiary/aromatic N) is 1. The molecule has 3 aromatic rings. The van der Waals surface area contributed by atoms with Crippen LogP contribution in [0.15, 0.2) is 54.6 Å². The quantitative estimate of drug-likeness (QED) is 0.529. The molecule has 0 saturated heterocycles. The predicted octanol–water partition coefficient (Wildman–Crippen LogP) is 3.81. The molecular weight excluding hydrogens is 394 g/mol. The number of carbonyl (C=O) groups is 3. The Bertz CT molecular complexity index is 1130. The van der Waals surface area contributed by atoms with E-state index in [-0.39, 0.29) is 12.8 Å². The van der Waals surface area contributed by atoms with Gasteiger partial charge in [0.1, 0.15) is 0 Å². The Labute approximate surface area is 180 Å². The molecule has 0 aliphatic heterocycles. The molecule has 0 saturated carbocycles. The number of aryl methyl sites for hydroxylation is 4. The lowest BCUT2D eigenvalue weighted by atomic mass is 10.1. The lowest BCUT2D eigenvalue weighted by Crippen LogP contribution is -2.35. The Morgan fingerprint density at radius 1 is 0.871 bits per heavy atom. The first kappa shape index (κ1) is 21.8. The summed E-state index contributed by atoms with van der Waals surface area (Å²) >= 11 is 0. The number of carboxylic acid groups (broad SMARTS) is 1. The largest absolute Gasteiger partial charge is 0.481 e. The maximum Gasteiger partial charge on any atom is 0.328 e. The van der Waals surface area contributed by atoms with Gasteiger partial charge in [-0.3, -0.25) is 24.5 Å². The number of aliphatic carboxylic acids is 1. The highest BCUT2D eigenvalue weighted by molar-refractivity contribution is 6.42. The monoisotopic (exact) mass is 419 g/mol. The van der Waals surface area contributed by atoms with Gasteiger partial charge in [0, 0.05) is 23.4 Å². The van der Waals surface area contributed by atoms with Crippen LogP contribution < -0.4 is 10.7 Å². The molecule has 160 valence electrons. The Morgan fingerprint density at radius 2 is 1.58 bits per heavy atom. The second-order valence-electron chi connectivity index (χ2n) is 7.50. The van der Waals surface area contributed by atoms with E-state index in [0.717, 1.165) is 22.3 Å². The number of aromatic nitrogens is 1. The first-order valence-electron chi connectivity index (χ1n) is 9.93. The summed E-state index contributed by atoms with van der Waals surface area (Å²) in [5, 5.41) is 11.6. The number of hydrogen-bond donors (Lipinski definition) is 3. The highest BCUT2D eigenvalue weighted by Gasteiger charge is 2.19. The fraction of sp³-hybridized carbons (Fsp3) is 0.208. The van der Waals surface area contributed by atoms with E-state index in [1.54, 1.807) is 24.3 Å². The van der Waals surface area contributed by atoms with Gasteiger partial charge in [-0.05, 0) is 56.2 Å². The van der Waals surface area contributed by atoms with Crippen LogP contribution in [-0.4, -0.2) is 27.6 Å². The minimum absolute atomic E-state index is 0.0952. The van der Waals surface area contributed by atoms with Crippen molar-refractivity contribution in [3.05, 3.63) is 77.0 Å². The summed E-state index contributed by atoms with van der Waals surface area (Å²) in [6.45, 7) is 5.86. The molecule has 2 amide bonds. The number of anilines is 1. The summed E-state index contributed by atoms with van der Waals surface area (Å²) < 4.78 is 1.48. The minimum atomic E-state index is -0.941. The van der Waals surface area contributed by atoms with Gasteiger partial charge in [0.2, 0.25) is 0 Å². The number of rotatable bonds is 6. The smallest absolute Gasteiger partial charge is 0.328 e. The van der Waals surface area contributed by atoms with Gasteiger partial charge in [-0.15, -0.1) is 0 Å². The van der Waals surface area contributed by atoms with Gasteiger partial charge >= 0.3 is 17.8 Å². The summed E-state index contributed by atoms with van der Waals surface area (Å²) in [6, 6.07) is 16.6. The molecule has 0 aliphatic rings. The summed E-state index contributed by atoms with van der Waals surface area (Å²) in [7, 11) is 0. The molecule has 3 N–H and O–H groups in total. The Kier molecular flexibility index (Phi) is 6.55. The SMILES string of the molecule is Cc1ccc(-c2ccc(CCC(=O)O)n2NC(=O)C(=O)Nc2ccc(C)c(C)c2)cc1. The average Bonchev–Trinajstić information content (AvgIpc) is 3.12. The number of amides is 2. The molecular formula is C24H25N3O4. The number of carbonyl (C=O) groups excluding carboxylic acids is 2. The second-order valence-corrected chi connectivity index (χ2v) is 7.50. The predicted molar refractivity (Wildman–Crippen MR) is 119 cm³/mol. The third-order valence-electron chi connectivity index (χ3n) is 5.09. The van der Waals surface area contributed by atoms with Crippen molar-refractivity contribution in [1.29, 1.82) is 0 Å². The molecule has 1 aromatic heterocycles. The zero-order valence-corrected chi connectivity index (χ0v) is 17.7. The Balaban J connectivity index is 1.84. The summed E-state index contributed by atoms with van der Waals surface area (Å²) in [4.78, 5) is 36.1. The van der Waals surface area contributed by atoms with Crippen molar-refractivity contribution >= 4 is 23.5 Å². The highest BCUT2D eigenvalue weighted by Crippen LogP contribution is 2.23. The van der Waals surface area contributed by atoms with Crippen molar-refractivity contribution in [3.63, 3.8) is 0 Å². The first-order chi connectivity index (χ1) is 14.7. The number of nitrogens with one attached hydrogen (secondary N) is 2. The maximum absolute atomic E-state index is 12.6. The molecule has 0 fully saturated rings. The van der Waals surface area contributed by atoms with Crippen molar-refractivity contribution in [1.82, 2.24) is 4.68 Å². The van der Waals surface area contributed by atoms with E-state index in [1.807, 2.05) is 51.1 Å². The molecule has 2 aromatic carbocycles. The third kappa shape index (κ3) is 5.39. The van der Waals surface area contributed by atoms with Crippen LogP contribution in [0, 0.1) is 20.8 Å². The Hall–Kier alpha value is -3.87. The normalized spacial score (nSPS) is 10.5. The van der Waals surface area contributed by atoms with E-state index in [9.17, 15) is 14.4 Å². The minimum Gasteiger partial charge on any atom is -0.481 e. The topological polar surface area (TPSA) is 100 Å². The molecule has 0 unspecified atom stereocenters. The van der Waals surface area contributed by atoms with E-state index in [2.05, 4.69) is 10.7 Å². The van der Waals surface area contributed by atoms with E-state index in [4.69, 9.17) is 5.11 Å². The first-order valence-corrected chi connectivity index (χ1v) is 9.93. The molecule has 0 bridgehead atoms. The molecule has 0 spiro atoms. The maximum atomic E-state index is 12.6. The second kappa shape index (κ2) is 9.30. The lowest BCUT2D eigenvalue weighted by molar-refractivity contribution is -0.137. The van der Waals surface area contributed by atoms with Crippen molar-refractivity contribution in [2.45, 2.75) is 33.6 Å². The zero-order valence-electron chi connectivity index (χ0n) is 17.7. The van der Waals surface area contributed by atoms with Gasteiger partial charge in [0.05, 0.1) is 12.1 Å². The van der Waals surface area contributed by atoms with Crippen molar-refractivity contribution in [2.24, 2.45) is 0 Å². The van der Waals surface area contributed by atoms with Crippen LogP contribution in [0.25, 0.3) is 11.3 Å². The molecule has 31 heavy (non-hydrogen) atoms. The van der Waals surface area contributed by atoms with Gasteiger partial charge in [-0.25, -0.2) is 0 Å². The van der Waals surface area contributed by atoms with Gasteiger partial charge in [0.25, 0.3) is 0 Å². The van der Waals surface area contributed by atoms with E-state index in [0.29, 0.717) is 17.1 Å². The van der Waals surface area contributed by atoms with Gasteiger partial charge in [-0.2, -0.15) is 0 Å². The van der Waals surface area contributed by atoms with Gasteiger partial charge < -0.3 is 10.4 Å². The third-order valence-corrected chi connectivity index (χ3v) is 5.09. The molecule has 7 heteroatoms. The van der Waals surface area contributed by atoms with Crippen LogP contribution in [0.5, 0.6) is 0 Å². The van der Waals surface area contributed by atoms with Crippen LogP contribution in [-0.2, 0) is 20.8 Å². The fourth-order valence-corrected chi connectivity index (χ4v) is 3.15. The lowest BCUT2D eigenvalue weighted by Gasteiger charge is -2.15. The molecule has 0 atom stereocenters. The van der Waals surface area contributed by atoms with E-state index in [1.165, 1.54) is 4.68 Å². The zero-order chi connectivity index (χ0) is 22.5. The van der Waals surface area contributed by atoms with Gasteiger partial charge in [-0.1, -0.05) is 35.9 Å². The van der Waals surface area contributed by atoms with Crippen molar-refractivity contribution in [3.8, 4) is 11.3 Å². The van der Waals surface area contributed by atoms with Crippen LogP contribution in [0.2, 0.25) is 0 Å². The fourth-order valence-electron chi connectivity index (χ4n) is 3.15. The molecule has 0 radical (unpaired) electrons. The van der Waals surface area contributed by atoms with Crippen LogP contribution >= 0.6 is 0 Å². The standard InChI is InChI=1S/C24H25N3O4/c1-15-4-7-18(8-5-15)21-12-10-20(11-13-22(28)29)27(21)26-24(31)23(30)25-19-9-6-16(2)17(3)14-19/h4-10,12,14H,11,13H2,1-3H3,(H,25,30)(H,26,31)(H,28,29). The highest BCUT2D eigenvalue weighted by atomic mass is 16.4. The molecule has 7 nitrogen and oxygen atoms in total.